The summed E-state index contributed by atoms with van der Waals surface area (Å²) >= 11 is 0. The first-order valence-electron chi connectivity index (χ1n) is 24.7. The van der Waals surface area contributed by atoms with E-state index in [4.69, 9.17) is 14.2 Å². The Morgan fingerprint density at radius 2 is 0.862 bits per heavy atom. The number of ether oxygens (including phenoxy) is 3. The van der Waals surface area contributed by atoms with Gasteiger partial charge in [-0.15, -0.1) is 0 Å². The summed E-state index contributed by atoms with van der Waals surface area (Å²) in [7, 11) is 5.54. The summed E-state index contributed by atoms with van der Waals surface area (Å²) in [5.41, 5.74) is 0. The Morgan fingerprint density at radius 1 is 0.500 bits per heavy atom. The van der Waals surface area contributed by atoms with Gasteiger partial charge in [0.15, 0.2) is 12.1 Å². The number of esters is 2. The van der Waals surface area contributed by atoms with Gasteiger partial charge in [-0.2, -0.15) is 0 Å². The molecule has 0 fully saturated rings. The molecule has 342 valence electrons. The van der Waals surface area contributed by atoms with Crippen LogP contribution in [0.3, 0.4) is 0 Å². The Kier molecular flexibility index (Phi) is 40.4. The van der Waals surface area contributed by atoms with Crippen LogP contribution in [-0.2, 0) is 28.6 Å². The normalized spacial score (nSPS) is 12.9. The van der Waals surface area contributed by atoms with Crippen molar-refractivity contribution in [1.29, 1.82) is 0 Å². The van der Waals surface area contributed by atoms with Gasteiger partial charge >= 0.3 is 17.9 Å². The minimum atomic E-state index is -0.872. The summed E-state index contributed by atoms with van der Waals surface area (Å²) in [6, 6.07) is -0.611. The Bertz CT molecular complexity index is 962. The van der Waals surface area contributed by atoms with Crippen molar-refractivity contribution < 1.29 is 38.2 Å². The number of hydrogen-bond donors (Lipinski definition) is 1. The quantitative estimate of drug-likeness (QED) is 0.0283. The van der Waals surface area contributed by atoms with E-state index in [0.717, 1.165) is 38.5 Å². The van der Waals surface area contributed by atoms with Crippen molar-refractivity contribution in [2.45, 2.75) is 251 Å². The highest BCUT2D eigenvalue weighted by Crippen LogP contribution is 2.16. The molecule has 0 aromatic carbocycles. The second-order valence-electron chi connectivity index (χ2n) is 18.1. The summed E-state index contributed by atoms with van der Waals surface area (Å²) in [5, 5.41) is 9.64. The van der Waals surface area contributed by atoms with E-state index in [1.54, 1.807) is 0 Å². The molecule has 0 saturated carbocycles. The van der Waals surface area contributed by atoms with Crippen molar-refractivity contribution in [3.8, 4) is 0 Å². The second kappa shape index (κ2) is 41.8. The first kappa shape index (κ1) is 56.1. The first-order chi connectivity index (χ1) is 28.1. The number of aliphatic carboxylic acids is 1. The monoisotopic (exact) mass is 823 g/mol. The first-order valence-corrected chi connectivity index (χ1v) is 24.7. The van der Waals surface area contributed by atoms with Crippen LogP contribution in [-0.4, -0.2) is 80.6 Å². The molecule has 0 heterocycles. The van der Waals surface area contributed by atoms with Gasteiger partial charge in [0.25, 0.3) is 0 Å². The van der Waals surface area contributed by atoms with Gasteiger partial charge in [0.05, 0.1) is 34.4 Å². The molecule has 0 spiro atoms. The molecular formula is C50H96NO7+. The molecule has 0 aromatic rings. The van der Waals surface area contributed by atoms with Crippen LogP contribution in [0, 0.1) is 0 Å². The fourth-order valence-corrected chi connectivity index (χ4v) is 7.56. The molecule has 0 aliphatic carbocycles. The minimum absolute atomic E-state index is 0.0462. The molecule has 0 radical (unpaired) electrons. The molecule has 2 atom stereocenters. The average molecular weight is 823 g/mol. The third kappa shape index (κ3) is 39.5. The van der Waals surface area contributed by atoms with Gasteiger partial charge in [-0.05, 0) is 38.5 Å². The molecule has 1 N–H and O–H groups in total. The lowest BCUT2D eigenvalue weighted by molar-refractivity contribution is -0.887. The number of carboxylic acid groups (broad SMARTS) is 1. The van der Waals surface area contributed by atoms with Crippen LogP contribution in [0.4, 0.5) is 0 Å². The van der Waals surface area contributed by atoms with E-state index < -0.39 is 18.1 Å². The van der Waals surface area contributed by atoms with Gasteiger partial charge in [-0.25, -0.2) is 4.79 Å². The zero-order chi connectivity index (χ0) is 42.8. The largest absolute Gasteiger partial charge is 0.477 e. The summed E-state index contributed by atoms with van der Waals surface area (Å²) in [5.74, 6) is -1.45. The van der Waals surface area contributed by atoms with Gasteiger partial charge in [0, 0.05) is 19.3 Å². The van der Waals surface area contributed by atoms with Crippen molar-refractivity contribution in [3.63, 3.8) is 0 Å². The van der Waals surface area contributed by atoms with Crippen LogP contribution in [0.2, 0.25) is 0 Å². The zero-order valence-corrected chi connectivity index (χ0v) is 39.0. The zero-order valence-electron chi connectivity index (χ0n) is 39.0. The highest BCUT2D eigenvalue weighted by molar-refractivity contribution is 5.72. The lowest BCUT2D eigenvalue weighted by Gasteiger charge is -2.31. The second-order valence-corrected chi connectivity index (χ2v) is 18.1. The van der Waals surface area contributed by atoms with E-state index in [-0.39, 0.29) is 36.2 Å². The number of quaternary nitrogens is 1. The van der Waals surface area contributed by atoms with Crippen LogP contribution < -0.4 is 0 Å². The van der Waals surface area contributed by atoms with Crippen LogP contribution in [0.5, 0.6) is 0 Å². The topological polar surface area (TPSA) is 99.1 Å². The number of carbonyl (C=O) groups excluding carboxylic acids is 2. The molecule has 0 aliphatic heterocycles. The fraction of sp³-hybridized carbons (Fsp3) is 0.900. The summed E-state index contributed by atoms with van der Waals surface area (Å²) in [6.07, 6.45) is 45.4. The van der Waals surface area contributed by atoms with Gasteiger partial charge in [-0.1, -0.05) is 193 Å². The summed E-state index contributed by atoms with van der Waals surface area (Å²) < 4.78 is 17.3. The maximum Gasteiger partial charge on any atom is 0.362 e. The Hall–Kier alpha value is -1.93. The van der Waals surface area contributed by atoms with E-state index in [1.807, 2.05) is 21.1 Å². The number of carbonyl (C=O) groups is 3. The molecule has 2 unspecified atom stereocenters. The number of unbranched alkanes of at least 4 members (excludes halogenated alkanes) is 29. The van der Waals surface area contributed by atoms with Crippen molar-refractivity contribution in [3.05, 3.63) is 12.2 Å². The highest BCUT2D eigenvalue weighted by atomic mass is 16.6. The van der Waals surface area contributed by atoms with Crippen LogP contribution >= 0.6 is 0 Å². The predicted octanol–water partition coefficient (Wildman–Crippen LogP) is 13.9. The molecular weight excluding hydrogens is 727 g/mol. The average Bonchev–Trinajstić information content (AvgIpc) is 3.18. The number of hydrogen-bond acceptors (Lipinski definition) is 6. The van der Waals surface area contributed by atoms with Gasteiger partial charge < -0.3 is 23.8 Å². The Labute approximate surface area is 359 Å². The van der Waals surface area contributed by atoms with Crippen molar-refractivity contribution in [2.75, 3.05) is 41.0 Å². The molecule has 0 saturated heterocycles. The third-order valence-electron chi connectivity index (χ3n) is 11.4. The van der Waals surface area contributed by atoms with E-state index in [9.17, 15) is 19.5 Å². The SMILES string of the molecule is CCCCCCCC/C=C\CCCCCCCCCC(=O)OC(COCCC(C(=O)O)[N+](C)(C)C)COC(=O)CCCCCCCCCCCCCCCCCCC. The van der Waals surface area contributed by atoms with Crippen molar-refractivity contribution >= 4 is 17.9 Å². The maximum atomic E-state index is 12.8. The molecule has 8 nitrogen and oxygen atoms in total. The van der Waals surface area contributed by atoms with Crippen LogP contribution in [0.1, 0.15) is 239 Å². The highest BCUT2D eigenvalue weighted by Gasteiger charge is 2.31. The molecule has 0 aromatic heterocycles. The number of allylic oxidation sites excluding steroid dienone is 2. The predicted molar refractivity (Wildman–Crippen MR) is 243 cm³/mol. The molecule has 8 heteroatoms. The minimum Gasteiger partial charge on any atom is -0.477 e. The standard InChI is InChI=1S/C50H95NO7/c1-6-8-10-12-14-16-18-20-22-24-26-28-30-32-34-36-38-40-48(52)57-45-46(44-56-43-42-47(50(54)55)51(3,4)5)58-49(53)41-39-37-35-33-31-29-27-25-23-21-19-17-15-13-11-9-7-2/h21,23,46-47H,6-20,22,24-45H2,1-5H3/p+1/b23-21-. The smallest absolute Gasteiger partial charge is 0.362 e. The summed E-state index contributed by atoms with van der Waals surface area (Å²) in [4.78, 5) is 37.1. The number of nitrogens with zero attached hydrogens (tertiary/aromatic N) is 1. The molecule has 0 amide bonds. The lowest BCUT2D eigenvalue weighted by Crippen LogP contribution is -2.50. The fourth-order valence-electron chi connectivity index (χ4n) is 7.56. The van der Waals surface area contributed by atoms with Gasteiger partial charge in [0.1, 0.15) is 6.61 Å². The van der Waals surface area contributed by atoms with Gasteiger partial charge in [0.2, 0.25) is 0 Å². The number of carboxylic acids is 1. The van der Waals surface area contributed by atoms with E-state index in [0.29, 0.717) is 19.3 Å². The maximum absolute atomic E-state index is 12.8. The van der Waals surface area contributed by atoms with Crippen molar-refractivity contribution in [1.82, 2.24) is 0 Å². The third-order valence-corrected chi connectivity index (χ3v) is 11.4. The number of likely N-dealkylation sites (N-methyl/N-ethyl adjacent to an activating group) is 1. The molecule has 0 bridgehead atoms. The van der Waals surface area contributed by atoms with Gasteiger partial charge in [-0.3, -0.25) is 9.59 Å². The molecule has 0 rings (SSSR count). The van der Waals surface area contributed by atoms with Crippen LogP contribution in [0.15, 0.2) is 12.2 Å². The lowest BCUT2D eigenvalue weighted by atomic mass is 10.0. The number of rotatable bonds is 45. The van der Waals surface area contributed by atoms with E-state index in [1.165, 1.54) is 167 Å². The summed E-state index contributed by atoms with van der Waals surface area (Å²) in [6.45, 7) is 4.77. The van der Waals surface area contributed by atoms with E-state index in [2.05, 4.69) is 26.0 Å². The Morgan fingerprint density at radius 3 is 1.24 bits per heavy atom. The van der Waals surface area contributed by atoms with Crippen molar-refractivity contribution in [2.24, 2.45) is 0 Å². The molecule has 0 aliphatic rings. The molecule has 58 heavy (non-hydrogen) atoms. The van der Waals surface area contributed by atoms with Crippen LogP contribution in [0.25, 0.3) is 0 Å². The Balaban J connectivity index is 4.25. The van der Waals surface area contributed by atoms with E-state index >= 15 is 0 Å².